The molecule has 0 saturated carbocycles. The smallest absolute Gasteiger partial charge is 0.270 e. The molecule has 0 aliphatic carbocycles. The molecule has 0 spiro atoms. The third kappa shape index (κ3) is 3.54. The lowest BCUT2D eigenvalue weighted by molar-refractivity contribution is 0.0946. The number of pyridine rings is 1. The van der Waals surface area contributed by atoms with E-state index in [1.54, 1.807) is 12.1 Å². The molecular weight excluding hydrogens is 438 g/mol. The zero-order valence-electron chi connectivity index (χ0n) is 17.4. The maximum absolute atomic E-state index is 13.1. The summed E-state index contributed by atoms with van der Waals surface area (Å²) < 4.78 is 11.0. The normalized spacial score (nSPS) is 12.4. The Balaban J connectivity index is 1.44. The van der Waals surface area contributed by atoms with E-state index in [2.05, 4.69) is 10.3 Å². The van der Waals surface area contributed by atoms with Gasteiger partial charge in [0.1, 0.15) is 5.69 Å². The van der Waals surface area contributed by atoms with Gasteiger partial charge in [-0.05, 0) is 48.0 Å². The molecule has 1 aliphatic rings. The molecule has 0 atom stereocenters. The van der Waals surface area contributed by atoms with Crippen molar-refractivity contribution >= 4 is 39.3 Å². The van der Waals surface area contributed by atoms with Crippen LogP contribution in [0, 0.1) is 0 Å². The second-order valence-electron chi connectivity index (χ2n) is 7.83. The van der Waals surface area contributed by atoms with Crippen molar-refractivity contribution in [2.24, 2.45) is 0 Å². The molecule has 162 valence electrons. The average Bonchev–Trinajstić information content (AvgIpc) is 3.47. The fourth-order valence-corrected chi connectivity index (χ4v) is 4.22. The number of hydrogen-bond donors (Lipinski definition) is 2. The number of H-pyrrole nitrogens is 1. The van der Waals surface area contributed by atoms with Crippen molar-refractivity contribution in [1.82, 2.24) is 15.3 Å². The highest BCUT2D eigenvalue weighted by atomic mass is 35.5. The van der Waals surface area contributed by atoms with Gasteiger partial charge in [-0.2, -0.15) is 0 Å². The van der Waals surface area contributed by atoms with Gasteiger partial charge < -0.3 is 19.8 Å². The number of fused-ring (bicyclic) bond motifs is 4. The Labute approximate surface area is 194 Å². The predicted octanol–water partition coefficient (Wildman–Crippen LogP) is 5.70. The first-order chi connectivity index (χ1) is 16.2. The van der Waals surface area contributed by atoms with Crippen LogP contribution in [0.2, 0.25) is 5.02 Å². The number of carbonyl (C=O) groups is 1. The number of aromatic nitrogens is 2. The molecule has 1 aliphatic heterocycles. The zero-order valence-corrected chi connectivity index (χ0v) is 18.1. The number of nitrogens with one attached hydrogen (secondary N) is 2. The fourth-order valence-electron chi connectivity index (χ4n) is 4.09. The van der Waals surface area contributed by atoms with Crippen LogP contribution in [0.1, 0.15) is 16.1 Å². The number of rotatable bonds is 4. The van der Waals surface area contributed by atoms with Gasteiger partial charge in [-0.15, -0.1) is 0 Å². The van der Waals surface area contributed by atoms with Gasteiger partial charge in [-0.25, -0.2) is 4.98 Å². The van der Waals surface area contributed by atoms with Crippen LogP contribution in [0.5, 0.6) is 11.5 Å². The summed E-state index contributed by atoms with van der Waals surface area (Å²) in [5, 5.41) is 5.58. The third-order valence-electron chi connectivity index (χ3n) is 5.74. The second-order valence-corrected chi connectivity index (χ2v) is 8.26. The van der Waals surface area contributed by atoms with Crippen molar-refractivity contribution in [2.75, 3.05) is 6.79 Å². The molecule has 3 heterocycles. The van der Waals surface area contributed by atoms with Crippen LogP contribution in [-0.2, 0) is 6.54 Å². The molecule has 0 radical (unpaired) electrons. The van der Waals surface area contributed by atoms with Crippen LogP contribution in [-0.4, -0.2) is 22.7 Å². The summed E-state index contributed by atoms with van der Waals surface area (Å²) in [4.78, 5) is 21.3. The van der Waals surface area contributed by atoms with Crippen LogP contribution in [0.25, 0.3) is 33.1 Å². The van der Waals surface area contributed by atoms with Gasteiger partial charge in [0.15, 0.2) is 11.5 Å². The fraction of sp³-hybridized carbons (Fsp3) is 0.0769. The summed E-state index contributed by atoms with van der Waals surface area (Å²) >= 11 is 5.96. The SMILES string of the molecule is O=C(NCc1ccc(Cl)cc1)c1cc2c([nH]c3ccccc32)c(-c2ccc3c(c2)OCO3)n1. The highest BCUT2D eigenvalue weighted by Gasteiger charge is 2.20. The zero-order chi connectivity index (χ0) is 22.4. The van der Waals surface area contributed by atoms with E-state index in [-0.39, 0.29) is 12.7 Å². The summed E-state index contributed by atoms with van der Waals surface area (Å²) in [5.41, 5.74) is 4.66. The van der Waals surface area contributed by atoms with Crippen LogP contribution in [0.15, 0.2) is 72.8 Å². The van der Waals surface area contributed by atoms with Crippen molar-refractivity contribution < 1.29 is 14.3 Å². The Morgan fingerprint density at radius 1 is 0.970 bits per heavy atom. The number of amides is 1. The molecule has 0 bridgehead atoms. The third-order valence-corrected chi connectivity index (χ3v) is 5.99. The molecule has 0 fully saturated rings. The maximum Gasteiger partial charge on any atom is 0.270 e. The van der Waals surface area contributed by atoms with E-state index >= 15 is 0 Å². The lowest BCUT2D eigenvalue weighted by Crippen LogP contribution is -2.24. The molecule has 0 saturated heterocycles. The van der Waals surface area contributed by atoms with Gasteiger partial charge in [0, 0.05) is 33.4 Å². The number of nitrogens with zero attached hydrogens (tertiary/aromatic N) is 1. The molecule has 2 N–H and O–H groups in total. The van der Waals surface area contributed by atoms with Gasteiger partial charge in [0.25, 0.3) is 5.91 Å². The van der Waals surface area contributed by atoms with Gasteiger partial charge in [-0.1, -0.05) is 41.9 Å². The van der Waals surface area contributed by atoms with Gasteiger partial charge >= 0.3 is 0 Å². The topological polar surface area (TPSA) is 76.2 Å². The van der Waals surface area contributed by atoms with Crippen molar-refractivity contribution in [3.8, 4) is 22.8 Å². The molecule has 2 aromatic heterocycles. The van der Waals surface area contributed by atoms with Crippen LogP contribution >= 0.6 is 11.6 Å². The van der Waals surface area contributed by atoms with E-state index in [0.717, 1.165) is 32.9 Å². The number of halogens is 1. The Bertz CT molecular complexity index is 1530. The highest BCUT2D eigenvalue weighted by molar-refractivity contribution is 6.30. The highest BCUT2D eigenvalue weighted by Crippen LogP contribution is 2.38. The summed E-state index contributed by atoms with van der Waals surface area (Å²) in [6, 6.07) is 22.9. The Kier molecular flexibility index (Phi) is 4.66. The maximum atomic E-state index is 13.1. The molecule has 33 heavy (non-hydrogen) atoms. The van der Waals surface area contributed by atoms with E-state index < -0.39 is 0 Å². The molecule has 3 aromatic carbocycles. The standard InChI is InChI=1S/C26H18ClN3O3/c27-17-8-5-15(6-9-17)13-28-26(31)21-12-19-18-3-1-2-4-20(18)29-25(19)24(30-21)16-7-10-22-23(11-16)33-14-32-22/h1-12,29H,13-14H2,(H,28,31). The average molecular weight is 456 g/mol. The summed E-state index contributed by atoms with van der Waals surface area (Å²) in [5.74, 6) is 1.11. The number of aromatic amines is 1. The van der Waals surface area contributed by atoms with Gasteiger partial charge in [0.05, 0.1) is 11.2 Å². The summed E-state index contributed by atoms with van der Waals surface area (Å²) in [6.07, 6.45) is 0. The monoisotopic (exact) mass is 455 g/mol. The number of hydrogen-bond acceptors (Lipinski definition) is 4. The van der Waals surface area contributed by atoms with Crippen LogP contribution in [0.4, 0.5) is 0 Å². The van der Waals surface area contributed by atoms with Crippen LogP contribution < -0.4 is 14.8 Å². The molecule has 0 unspecified atom stereocenters. The molecule has 6 nitrogen and oxygen atoms in total. The van der Waals surface area contributed by atoms with Crippen molar-refractivity contribution in [3.05, 3.63) is 89.1 Å². The van der Waals surface area contributed by atoms with Crippen LogP contribution in [0.3, 0.4) is 0 Å². The molecule has 6 rings (SSSR count). The van der Waals surface area contributed by atoms with E-state index in [1.807, 2.05) is 60.7 Å². The van der Waals surface area contributed by atoms with Crippen molar-refractivity contribution in [2.45, 2.75) is 6.54 Å². The second kappa shape index (κ2) is 7.83. The molecule has 5 aromatic rings. The number of ether oxygens (including phenoxy) is 2. The van der Waals surface area contributed by atoms with Gasteiger partial charge in [0.2, 0.25) is 6.79 Å². The Hall–Kier alpha value is -4.03. The molecule has 1 amide bonds. The van der Waals surface area contributed by atoms with E-state index in [9.17, 15) is 4.79 Å². The first-order valence-electron chi connectivity index (χ1n) is 10.5. The van der Waals surface area contributed by atoms with Crippen molar-refractivity contribution in [3.63, 3.8) is 0 Å². The summed E-state index contributed by atoms with van der Waals surface area (Å²) in [7, 11) is 0. The van der Waals surface area contributed by atoms with E-state index in [0.29, 0.717) is 34.5 Å². The Morgan fingerprint density at radius 3 is 2.67 bits per heavy atom. The lowest BCUT2D eigenvalue weighted by Gasteiger charge is -2.09. The number of carbonyl (C=O) groups excluding carboxylic acids is 1. The first-order valence-corrected chi connectivity index (χ1v) is 10.9. The number of benzene rings is 3. The van der Waals surface area contributed by atoms with E-state index in [1.165, 1.54) is 0 Å². The minimum Gasteiger partial charge on any atom is -0.454 e. The quantitative estimate of drug-likeness (QED) is 0.364. The molecular formula is C26H18ClN3O3. The minimum atomic E-state index is -0.251. The van der Waals surface area contributed by atoms with Crippen molar-refractivity contribution in [1.29, 1.82) is 0 Å². The van der Waals surface area contributed by atoms with Gasteiger partial charge in [-0.3, -0.25) is 4.79 Å². The lowest BCUT2D eigenvalue weighted by atomic mass is 10.1. The molecule has 7 heteroatoms. The summed E-state index contributed by atoms with van der Waals surface area (Å²) in [6.45, 7) is 0.574. The predicted molar refractivity (Wildman–Crippen MR) is 128 cm³/mol. The van der Waals surface area contributed by atoms with E-state index in [4.69, 9.17) is 26.1 Å². The number of para-hydroxylation sites is 1. The minimum absolute atomic E-state index is 0.196. The largest absolute Gasteiger partial charge is 0.454 e. The first kappa shape index (κ1) is 19.6. The Morgan fingerprint density at radius 2 is 1.79 bits per heavy atom.